The van der Waals surface area contributed by atoms with E-state index in [1.54, 1.807) is 0 Å². The van der Waals surface area contributed by atoms with Gasteiger partial charge >= 0.3 is 12.4 Å². The van der Waals surface area contributed by atoms with Crippen LogP contribution in [0, 0.1) is 0 Å². The minimum absolute atomic E-state index is 0.0250. The van der Waals surface area contributed by atoms with Crippen LogP contribution in [0.1, 0.15) is 24.5 Å². The molecular weight excluding hydrogens is 382 g/mol. The molecule has 0 heterocycles. The Bertz CT molecular complexity index is 641. The topological polar surface area (TPSA) is 58.6 Å². The van der Waals surface area contributed by atoms with Crippen molar-refractivity contribution in [1.29, 1.82) is 0 Å². The van der Waals surface area contributed by atoms with Crippen LogP contribution in [0.15, 0.2) is 18.2 Å². The predicted octanol–water partition coefficient (Wildman–Crippen LogP) is 3.09. The Morgan fingerprint density at radius 2 is 1.56 bits per heavy atom. The maximum absolute atomic E-state index is 12.8. The molecule has 27 heavy (non-hydrogen) atoms. The normalized spacial score (nSPS) is 11.9. The van der Waals surface area contributed by atoms with Crippen molar-refractivity contribution in [3.8, 4) is 5.75 Å². The van der Waals surface area contributed by atoms with Crippen molar-refractivity contribution in [2.45, 2.75) is 25.7 Å². The zero-order valence-corrected chi connectivity index (χ0v) is 14.5. The van der Waals surface area contributed by atoms with Crippen molar-refractivity contribution in [2.75, 3.05) is 26.7 Å². The Balaban J connectivity index is 2.75. The molecule has 0 aliphatic carbocycles. The maximum atomic E-state index is 12.8. The van der Waals surface area contributed by atoms with Gasteiger partial charge in [0.1, 0.15) is 5.75 Å². The largest absolute Gasteiger partial charge is 0.484 e. The Morgan fingerprint density at radius 3 is 2.00 bits per heavy atom. The number of nitrogens with one attached hydrogen (secondary N) is 1. The number of alkyl halides is 6. The fraction of sp³-hybridized carbons (Fsp3) is 0.500. The fourth-order valence-electron chi connectivity index (χ4n) is 1.97. The minimum Gasteiger partial charge on any atom is -0.484 e. The second-order valence-corrected chi connectivity index (χ2v) is 5.68. The SMILES string of the molecule is CC(=O)NCCCN(C)C(=O)COc1cc(C(F)(F)F)cc(C(F)(F)F)c1. The summed E-state index contributed by atoms with van der Waals surface area (Å²) in [5, 5.41) is 2.52. The number of benzene rings is 1. The monoisotopic (exact) mass is 400 g/mol. The van der Waals surface area contributed by atoms with Gasteiger partial charge in [0.05, 0.1) is 11.1 Å². The molecule has 5 nitrogen and oxygen atoms in total. The summed E-state index contributed by atoms with van der Waals surface area (Å²) >= 11 is 0. The molecule has 0 fully saturated rings. The van der Waals surface area contributed by atoms with Gasteiger partial charge in [-0.25, -0.2) is 0 Å². The van der Waals surface area contributed by atoms with Crippen molar-refractivity contribution in [3.63, 3.8) is 0 Å². The Labute approximate surface area is 151 Å². The highest BCUT2D eigenvalue weighted by molar-refractivity contribution is 5.77. The van der Waals surface area contributed by atoms with Crippen LogP contribution in [-0.2, 0) is 21.9 Å². The highest BCUT2D eigenvalue weighted by Gasteiger charge is 2.37. The molecule has 2 amide bonds. The van der Waals surface area contributed by atoms with Crippen LogP contribution in [0.5, 0.6) is 5.75 Å². The molecule has 152 valence electrons. The number of nitrogens with zero attached hydrogens (tertiary/aromatic N) is 1. The van der Waals surface area contributed by atoms with Gasteiger partial charge in [-0.2, -0.15) is 26.3 Å². The number of rotatable bonds is 7. The number of carbonyl (C=O) groups excluding carboxylic acids is 2. The molecular formula is C16H18F6N2O3. The minimum atomic E-state index is -5.00. The standard InChI is InChI=1S/C16H18F6N2O3/c1-10(25)23-4-3-5-24(2)14(26)9-27-13-7-11(15(17,18)19)6-12(8-13)16(20,21)22/h6-8H,3-5,9H2,1-2H3,(H,23,25). The lowest BCUT2D eigenvalue weighted by Crippen LogP contribution is -2.34. The molecule has 0 aliphatic rings. The molecule has 1 N–H and O–H groups in total. The number of ether oxygens (including phenoxy) is 1. The summed E-state index contributed by atoms with van der Waals surface area (Å²) in [6, 6.07) is 0.779. The zero-order valence-electron chi connectivity index (χ0n) is 14.5. The lowest BCUT2D eigenvalue weighted by Gasteiger charge is -2.18. The number of amides is 2. The zero-order chi connectivity index (χ0) is 20.8. The lowest BCUT2D eigenvalue weighted by atomic mass is 10.1. The number of hydrogen-bond acceptors (Lipinski definition) is 3. The number of halogens is 6. The van der Waals surface area contributed by atoms with E-state index in [9.17, 15) is 35.9 Å². The van der Waals surface area contributed by atoms with Gasteiger partial charge in [-0.3, -0.25) is 9.59 Å². The van der Waals surface area contributed by atoms with E-state index in [0.717, 1.165) is 0 Å². The van der Waals surface area contributed by atoms with Crippen LogP contribution >= 0.6 is 0 Å². The summed E-state index contributed by atoms with van der Waals surface area (Å²) in [7, 11) is 1.40. The van der Waals surface area contributed by atoms with E-state index in [0.29, 0.717) is 25.1 Å². The average Bonchev–Trinajstić information content (AvgIpc) is 2.54. The summed E-state index contributed by atoms with van der Waals surface area (Å²) in [5.74, 6) is -1.58. The van der Waals surface area contributed by atoms with Gasteiger partial charge in [0.15, 0.2) is 6.61 Å². The fourth-order valence-corrected chi connectivity index (χ4v) is 1.97. The number of hydrogen-bond donors (Lipinski definition) is 1. The third kappa shape index (κ3) is 7.75. The van der Waals surface area contributed by atoms with Crippen molar-refractivity contribution >= 4 is 11.8 Å². The number of carbonyl (C=O) groups is 2. The van der Waals surface area contributed by atoms with Crippen molar-refractivity contribution < 1.29 is 40.7 Å². The van der Waals surface area contributed by atoms with Crippen LogP contribution in [-0.4, -0.2) is 43.5 Å². The molecule has 0 aromatic heterocycles. The molecule has 1 aromatic rings. The first kappa shape index (κ1) is 22.6. The summed E-state index contributed by atoms with van der Waals surface area (Å²) < 4.78 is 81.4. The first-order valence-corrected chi connectivity index (χ1v) is 7.71. The second kappa shape index (κ2) is 8.96. The maximum Gasteiger partial charge on any atom is 0.416 e. The molecule has 0 bridgehead atoms. The van der Waals surface area contributed by atoms with Crippen molar-refractivity contribution in [2.24, 2.45) is 0 Å². The first-order valence-electron chi connectivity index (χ1n) is 7.71. The van der Waals surface area contributed by atoms with Gasteiger partial charge in [0, 0.05) is 27.1 Å². The van der Waals surface area contributed by atoms with Gasteiger partial charge in [-0.15, -0.1) is 0 Å². The highest BCUT2D eigenvalue weighted by Crippen LogP contribution is 2.38. The molecule has 0 unspecified atom stereocenters. The molecule has 0 atom stereocenters. The smallest absolute Gasteiger partial charge is 0.416 e. The van der Waals surface area contributed by atoms with Gasteiger partial charge in [0.2, 0.25) is 5.91 Å². The van der Waals surface area contributed by atoms with Gasteiger partial charge < -0.3 is 15.0 Å². The van der Waals surface area contributed by atoms with E-state index < -0.39 is 41.7 Å². The van der Waals surface area contributed by atoms with Crippen LogP contribution < -0.4 is 10.1 Å². The van der Waals surface area contributed by atoms with E-state index in [1.165, 1.54) is 18.9 Å². The second-order valence-electron chi connectivity index (χ2n) is 5.68. The van der Waals surface area contributed by atoms with E-state index in [2.05, 4.69) is 5.32 Å². The summed E-state index contributed by atoms with van der Waals surface area (Å²) in [6.45, 7) is 1.14. The Kier molecular flexibility index (Phi) is 7.49. The van der Waals surface area contributed by atoms with Gasteiger partial charge in [0.25, 0.3) is 5.91 Å². The molecule has 0 saturated carbocycles. The first-order chi connectivity index (χ1) is 12.3. The van der Waals surface area contributed by atoms with E-state index in [1.807, 2.05) is 0 Å². The lowest BCUT2D eigenvalue weighted by molar-refractivity contribution is -0.143. The van der Waals surface area contributed by atoms with E-state index >= 15 is 0 Å². The average molecular weight is 400 g/mol. The van der Waals surface area contributed by atoms with Crippen LogP contribution in [0.3, 0.4) is 0 Å². The number of likely N-dealkylation sites (N-methyl/N-ethyl adjacent to an activating group) is 1. The summed E-state index contributed by atoms with van der Waals surface area (Å²) in [4.78, 5) is 23.8. The quantitative estimate of drug-likeness (QED) is 0.565. The predicted molar refractivity (Wildman–Crippen MR) is 82.9 cm³/mol. The highest BCUT2D eigenvalue weighted by atomic mass is 19.4. The third-order valence-corrected chi connectivity index (χ3v) is 3.39. The molecule has 0 saturated heterocycles. The molecule has 11 heteroatoms. The van der Waals surface area contributed by atoms with Crippen molar-refractivity contribution in [3.05, 3.63) is 29.3 Å². The van der Waals surface area contributed by atoms with Crippen LogP contribution in [0.4, 0.5) is 26.3 Å². The molecule has 0 spiro atoms. The summed E-state index contributed by atoms with van der Waals surface area (Å²) in [5.41, 5.74) is -3.05. The van der Waals surface area contributed by atoms with E-state index in [4.69, 9.17) is 4.74 Å². The van der Waals surface area contributed by atoms with E-state index in [-0.39, 0.29) is 18.5 Å². The summed E-state index contributed by atoms with van der Waals surface area (Å²) in [6.07, 6.45) is -9.57. The Hall–Kier alpha value is -2.46. The molecule has 1 rings (SSSR count). The van der Waals surface area contributed by atoms with Crippen LogP contribution in [0.25, 0.3) is 0 Å². The Morgan fingerprint density at radius 1 is 1.04 bits per heavy atom. The molecule has 0 aliphatic heterocycles. The van der Waals surface area contributed by atoms with Crippen molar-refractivity contribution in [1.82, 2.24) is 10.2 Å². The third-order valence-electron chi connectivity index (χ3n) is 3.39. The van der Waals surface area contributed by atoms with Gasteiger partial charge in [-0.05, 0) is 24.6 Å². The molecule has 0 radical (unpaired) electrons. The van der Waals surface area contributed by atoms with Crippen LogP contribution in [0.2, 0.25) is 0 Å². The molecule has 1 aromatic carbocycles. The van der Waals surface area contributed by atoms with Gasteiger partial charge in [-0.1, -0.05) is 0 Å².